The van der Waals surface area contributed by atoms with E-state index in [1.54, 1.807) is 17.8 Å². The van der Waals surface area contributed by atoms with Crippen LogP contribution in [0.15, 0.2) is 18.2 Å². The number of anilines is 1. The van der Waals surface area contributed by atoms with Gasteiger partial charge in [0.15, 0.2) is 0 Å². The molecule has 0 spiro atoms. The molecule has 1 N–H and O–H groups in total. The number of hydrogen-bond acceptors (Lipinski definition) is 3. The maximum absolute atomic E-state index is 12.8. The molecule has 0 aliphatic rings. The smallest absolute Gasteiger partial charge is 0.144 e. The number of hydrogen-bond donors (Lipinski definition) is 1. The molecule has 0 unspecified atom stereocenters. The van der Waals surface area contributed by atoms with Crippen LogP contribution in [-0.2, 0) is 0 Å². The van der Waals surface area contributed by atoms with Gasteiger partial charge in [0.05, 0.1) is 12.8 Å². The lowest BCUT2D eigenvalue weighted by Crippen LogP contribution is -2.05. The molecule has 0 fully saturated rings. The highest BCUT2D eigenvalue weighted by Crippen LogP contribution is 2.24. The van der Waals surface area contributed by atoms with Crippen molar-refractivity contribution in [2.24, 2.45) is 0 Å². The minimum atomic E-state index is -0.280. The summed E-state index contributed by atoms with van der Waals surface area (Å²) in [4.78, 5) is 0. The first-order valence-electron chi connectivity index (χ1n) is 4.34. The van der Waals surface area contributed by atoms with E-state index in [1.807, 2.05) is 6.26 Å². The molecular formula is C10H14FNOS. The van der Waals surface area contributed by atoms with Gasteiger partial charge in [0, 0.05) is 18.4 Å². The van der Waals surface area contributed by atoms with E-state index in [1.165, 1.54) is 19.2 Å². The van der Waals surface area contributed by atoms with Crippen molar-refractivity contribution in [2.75, 3.05) is 31.0 Å². The molecular weight excluding hydrogens is 201 g/mol. The van der Waals surface area contributed by atoms with Gasteiger partial charge in [0.1, 0.15) is 11.6 Å². The molecule has 1 aromatic carbocycles. The van der Waals surface area contributed by atoms with Gasteiger partial charge in [-0.2, -0.15) is 11.8 Å². The summed E-state index contributed by atoms with van der Waals surface area (Å²) in [6.07, 6.45) is 2.05. The van der Waals surface area contributed by atoms with E-state index in [0.717, 1.165) is 18.0 Å². The number of methoxy groups -OCH3 is 1. The molecule has 4 heteroatoms. The maximum Gasteiger partial charge on any atom is 0.144 e. The first-order valence-corrected chi connectivity index (χ1v) is 5.73. The Bertz CT molecular complexity index is 293. The number of thioether (sulfide) groups is 1. The van der Waals surface area contributed by atoms with Crippen molar-refractivity contribution in [3.05, 3.63) is 24.0 Å². The molecule has 1 aromatic rings. The van der Waals surface area contributed by atoms with Crippen molar-refractivity contribution in [1.82, 2.24) is 0 Å². The lowest BCUT2D eigenvalue weighted by atomic mass is 10.3. The van der Waals surface area contributed by atoms with E-state index >= 15 is 0 Å². The van der Waals surface area contributed by atoms with Crippen LogP contribution in [0.5, 0.6) is 5.75 Å². The second-order valence-corrected chi connectivity index (χ2v) is 3.75. The Kier molecular flexibility index (Phi) is 4.59. The predicted octanol–water partition coefficient (Wildman–Crippen LogP) is 2.61. The lowest BCUT2D eigenvalue weighted by Gasteiger charge is -2.10. The van der Waals surface area contributed by atoms with Crippen LogP contribution in [0.1, 0.15) is 0 Å². The van der Waals surface area contributed by atoms with Crippen molar-refractivity contribution in [3.63, 3.8) is 0 Å². The van der Waals surface area contributed by atoms with Crippen molar-refractivity contribution >= 4 is 17.4 Å². The van der Waals surface area contributed by atoms with Crippen LogP contribution in [0, 0.1) is 5.82 Å². The average Bonchev–Trinajstić information content (AvgIpc) is 2.20. The van der Waals surface area contributed by atoms with Crippen LogP contribution in [0.25, 0.3) is 0 Å². The average molecular weight is 215 g/mol. The molecule has 0 radical (unpaired) electrons. The summed E-state index contributed by atoms with van der Waals surface area (Å²) in [5.41, 5.74) is 0.836. The summed E-state index contributed by atoms with van der Waals surface area (Å²) in [5, 5.41) is 3.18. The highest BCUT2D eigenvalue weighted by Gasteiger charge is 2.02. The van der Waals surface area contributed by atoms with E-state index in [2.05, 4.69) is 5.32 Å². The van der Waals surface area contributed by atoms with Crippen LogP contribution in [0.3, 0.4) is 0 Å². The van der Waals surface area contributed by atoms with Gasteiger partial charge < -0.3 is 10.1 Å². The molecule has 14 heavy (non-hydrogen) atoms. The molecule has 0 saturated carbocycles. The zero-order valence-electron chi connectivity index (χ0n) is 8.34. The Morgan fingerprint density at radius 2 is 2.29 bits per heavy atom. The van der Waals surface area contributed by atoms with E-state index in [0.29, 0.717) is 5.75 Å². The van der Waals surface area contributed by atoms with E-state index < -0.39 is 0 Å². The standard InChI is InChI=1S/C10H14FNOS/c1-13-10-7-8(11)3-4-9(10)12-5-6-14-2/h3-4,7,12H,5-6H2,1-2H3. The molecule has 0 aromatic heterocycles. The first kappa shape index (κ1) is 11.2. The summed E-state index contributed by atoms with van der Waals surface area (Å²) in [7, 11) is 1.54. The number of rotatable bonds is 5. The summed E-state index contributed by atoms with van der Waals surface area (Å²) < 4.78 is 17.9. The van der Waals surface area contributed by atoms with Crippen LogP contribution >= 0.6 is 11.8 Å². The minimum Gasteiger partial charge on any atom is -0.494 e. The maximum atomic E-state index is 12.8. The predicted molar refractivity (Wildman–Crippen MR) is 59.8 cm³/mol. The zero-order chi connectivity index (χ0) is 10.4. The number of ether oxygens (including phenoxy) is 1. The first-order chi connectivity index (χ1) is 6.77. The molecule has 0 amide bonds. The highest BCUT2D eigenvalue weighted by atomic mass is 32.2. The molecule has 0 aliphatic carbocycles. The Hall–Kier alpha value is -0.900. The number of nitrogens with one attached hydrogen (secondary N) is 1. The molecule has 0 aliphatic heterocycles. The summed E-state index contributed by atoms with van der Waals surface area (Å²) in [6, 6.07) is 4.49. The van der Waals surface area contributed by atoms with Gasteiger partial charge in [-0.1, -0.05) is 0 Å². The summed E-state index contributed by atoms with van der Waals surface area (Å²) in [6.45, 7) is 0.850. The van der Waals surface area contributed by atoms with Crippen LogP contribution in [-0.4, -0.2) is 25.7 Å². The third-order valence-electron chi connectivity index (χ3n) is 1.79. The monoisotopic (exact) mass is 215 g/mol. The zero-order valence-corrected chi connectivity index (χ0v) is 9.16. The molecule has 0 atom stereocenters. The summed E-state index contributed by atoms with van der Waals surface area (Å²) in [5.74, 6) is 1.28. The minimum absolute atomic E-state index is 0.280. The quantitative estimate of drug-likeness (QED) is 0.763. The van der Waals surface area contributed by atoms with E-state index in [4.69, 9.17) is 4.74 Å². The second-order valence-electron chi connectivity index (χ2n) is 2.76. The van der Waals surface area contributed by atoms with Gasteiger partial charge in [0.25, 0.3) is 0 Å². The molecule has 2 nitrogen and oxygen atoms in total. The van der Waals surface area contributed by atoms with Gasteiger partial charge in [-0.25, -0.2) is 4.39 Å². The Morgan fingerprint density at radius 1 is 1.50 bits per heavy atom. The van der Waals surface area contributed by atoms with Crippen molar-refractivity contribution in [3.8, 4) is 5.75 Å². The van der Waals surface area contributed by atoms with Gasteiger partial charge in [-0.15, -0.1) is 0 Å². The highest BCUT2D eigenvalue weighted by molar-refractivity contribution is 7.98. The van der Waals surface area contributed by atoms with Crippen LogP contribution in [0.2, 0.25) is 0 Å². The Morgan fingerprint density at radius 3 is 2.93 bits per heavy atom. The van der Waals surface area contributed by atoms with Crippen molar-refractivity contribution in [2.45, 2.75) is 0 Å². The fourth-order valence-corrected chi connectivity index (χ4v) is 1.41. The Labute approximate surface area is 87.8 Å². The Balaban J connectivity index is 2.65. The van der Waals surface area contributed by atoms with Crippen LogP contribution in [0.4, 0.5) is 10.1 Å². The number of benzene rings is 1. The topological polar surface area (TPSA) is 21.3 Å². The van der Waals surface area contributed by atoms with Gasteiger partial charge >= 0.3 is 0 Å². The van der Waals surface area contributed by atoms with E-state index in [9.17, 15) is 4.39 Å². The number of halogens is 1. The lowest BCUT2D eigenvalue weighted by molar-refractivity contribution is 0.413. The molecule has 0 heterocycles. The fraction of sp³-hybridized carbons (Fsp3) is 0.400. The van der Waals surface area contributed by atoms with Crippen LogP contribution < -0.4 is 10.1 Å². The normalized spacial score (nSPS) is 9.93. The largest absolute Gasteiger partial charge is 0.494 e. The van der Waals surface area contributed by atoms with Crippen molar-refractivity contribution < 1.29 is 9.13 Å². The molecule has 78 valence electrons. The molecule has 0 saturated heterocycles. The molecule has 1 rings (SSSR count). The third kappa shape index (κ3) is 3.10. The second kappa shape index (κ2) is 5.75. The SMILES string of the molecule is COc1cc(F)ccc1NCCSC. The molecule has 0 bridgehead atoms. The third-order valence-corrected chi connectivity index (χ3v) is 2.40. The fourth-order valence-electron chi connectivity index (χ4n) is 1.10. The van der Waals surface area contributed by atoms with Gasteiger partial charge in [0.2, 0.25) is 0 Å². The van der Waals surface area contributed by atoms with Gasteiger partial charge in [-0.05, 0) is 18.4 Å². The summed E-state index contributed by atoms with van der Waals surface area (Å²) >= 11 is 1.76. The van der Waals surface area contributed by atoms with Crippen molar-refractivity contribution in [1.29, 1.82) is 0 Å². The van der Waals surface area contributed by atoms with E-state index in [-0.39, 0.29) is 5.82 Å². The van der Waals surface area contributed by atoms with Gasteiger partial charge in [-0.3, -0.25) is 0 Å².